The predicted octanol–water partition coefficient (Wildman–Crippen LogP) is 1.62. The number of anilines is 1. The van der Waals surface area contributed by atoms with Crippen molar-refractivity contribution in [2.75, 3.05) is 10.8 Å². The van der Waals surface area contributed by atoms with Crippen molar-refractivity contribution in [2.45, 2.75) is 18.9 Å². The molecule has 31 heavy (non-hydrogen) atoms. The summed E-state index contributed by atoms with van der Waals surface area (Å²) >= 11 is 0. The molecule has 1 unspecified atom stereocenters. The summed E-state index contributed by atoms with van der Waals surface area (Å²) in [5.41, 5.74) is 2.49. The van der Waals surface area contributed by atoms with Crippen molar-refractivity contribution in [3.05, 3.63) is 71.3 Å². The van der Waals surface area contributed by atoms with E-state index < -0.39 is 16.1 Å². The number of nitrogens with zero attached hydrogens (tertiary/aromatic N) is 1. The maximum Gasteiger partial charge on any atom is 0.326 e. The van der Waals surface area contributed by atoms with Gasteiger partial charge >= 0.3 is 10.2 Å². The van der Waals surface area contributed by atoms with Crippen molar-refractivity contribution in [2.24, 2.45) is 0 Å². The van der Waals surface area contributed by atoms with Gasteiger partial charge in [0.15, 0.2) is 0 Å². The number of hydrogen-bond acceptors (Lipinski definition) is 5. The number of benzene rings is 3. The third-order valence-electron chi connectivity index (χ3n) is 5.65. The van der Waals surface area contributed by atoms with Crippen LogP contribution in [0.1, 0.15) is 21.5 Å². The Morgan fingerprint density at radius 1 is 1.06 bits per heavy atom. The van der Waals surface area contributed by atoms with Gasteiger partial charge in [-0.2, -0.15) is 8.42 Å². The molecule has 0 spiro atoms. The van der Waals surface area contributed by atoms with Gasteiger partial charge in [-0.05, 0) is 52.9 Å². The summed E-state index contributed by atoms with van der Waals surface area (Å²) in [5, 5.41) is 15.5. The van der Waals surface area contributed by atoms with Crippen molar-refractivity contribution in [3.63, 3.8) is 0 Å². The van der Waals surface area contributed by atoms with Gasteiger partial charge in [0, 0.05) is 11.6 Å². The van der Waals surface area contributed by atoms with E-state index in [1.807, 2.05) is 41.1 Å². The van der Waals surface area contributed by atoms with Gasteiger partial charge in [0.25, 0.3) is 11.8 Å². The molecule has 2 heterocycles. The van der Waals surface area contributed by atoms with Crippen LogP contribution < -0.4 is 14.3 Å². The number of rotatable bonds is 3. The quantitative estimate of drug-likeness (QED) is 0.576. The van der Waals surface area contributed by atoms with Gasteiger partial charge in [-0.1, -0.05) is 36.4 Å². The van der Waals surface area contributed by atoms with Crippen LogP contribution in [0, 0.1) is 0 Å². The van der Waals surface area contributed by atoms with Gasteiger partial charge < -0.3 is 10.4 Å². The number of hydrogen-bond donors (Lipinski definition) is 3. The van der Waals surface area contributed by atoms with E-state index in [9.17, 15) is 23.1 Å². The Hall–Kier alpha value is -3.59. The lowest BCUT2D eigenvalue weighted by atomic mass is 9.95. The number of phenols is 1. The standard InChI is InChI=1S/C22H19N3O5S/c26-19-10-13(7-8-18(19)25-12-20(27)24-31(25,29)30)9-16-11-15-5-1-3-14-4-2-6-17(21(14)15)22(28)23-16/h1-8,10,16,26H,9,11-12H2,(H,23,28)(H,24,27). The van der Waals surface area contributed by atoms with Gasteiger partial charge in [-0.15, -0.1) is 0 Å². The highest BCUT2D eigenvalue weighted by Gasteiger charge is 2.35. The topological polar surface area (TPSA) is 116 Å². The van der Waals surface area contributed by atoms with Crippen LogP contribution in [0.3, 0.4) is 0 Å². The monoisotopic (exact) mass is 437 g/mol. The highest BCUT2D eigenvalue weighted by Crippen LogP contribution is 2.32. The minimum Gasteiger partial charge on any atom is -0.506 e. The van der Waals surface area contributed by atoms with Crippen LogP contribution in [0.5, 0.6) is 5.75 Å². The molecule has 0 bridgehead atoms. The van der Waals surface area contributed by atoms with Gasteiger partial charge in [0.05, 0.1) is 5.69 Å². The number of carbonyl (C=O) groups is 2. The second-order valence-corrected chi connectivity index (χ2v) is 9.35. The largest absolute Gasteiger partial charge is 0.506 e. The van der Waals surface area contributed by atoms with Crippen molar-refractivity contribution in [1.29, 1.82) is 0 Å². The number of amides is 2. The van der Waals surface area contributed by atoms with Crippen LogP contribution in [0.2, 0.25) is 0 Å². The summed E-state index contributed by atoms with van der Waals surface area (Å²) in [5.74, 6) is -1.05. The van der Waals surface area contributed by atoms with Crippen molar-refractivity contribution < 1.29 is 23.1 Å². The minimum atomic E-state index is -4.00. The fraction of sp³-hybridized carbons (Fsp3) is 0.182. The van der Waals surface area contributed by atoms with E-state index in [2.05, 4.69) is 5.32 Å². The van der Waals surface area contributed by atoms with E-state index in [0.717, 1.165) is 26.2 Å². The first kappa shape index (κ1) is 19.4. The Kier molecular flexibility index (Phi) is 4.37. The molecule has 1 atom stereocenters. The minimum absolute atomic E-state index is 0.0316. The number of carbonyl (C=O) groups excluding carboxylic acids is 2. The van der Waals surface area contributed by atoms with E-state index >= 15 is 0 Å². The fourth-order valence-electron chi connectivity index (χ4n) is 4.33. The SMILES string of the molecule is O=C1CN(c2ccc(CC3Cc4cccc5cccc(c45)C(=O)N3)cc2O)S(=O)(=O)N1. The summed E-state index contributed by atoms with van der Waals surface area (Å²) in [6.45, 7) is -0.379. The highest BCUT2D eigenvalue weighted by atomic mass is 32.2. The molecule has 3 aromatic rings. The Morgan fingerprint density at radius 2 is 1.84 bits per heavy atom. The molecular formula is C22H19N3O5S. The molecule has 2 aliphatic rings. The van der Waals surface area contributed by atoms with Crippen molar-refractivity contribution in [1.82, 2.24) is 10.0 Å². The van der Waals surface area contributed by atoms with Crippen LogP contribution in [-0.2, 0) is 27.8 Å². The van der Waals surface area contributed by atoms with Crippen molar-refractivity contribution in [3.8, 4) is 5.75 Å². The summed E-state index contributed by atoms with van der Waals surface area (Å²) in [7, 11) is -4.00. The first-order valence-corrected chi connectivity index (χ1v) is 11.2. The smallest absolute Gasteiger partial charge is 0.326 e. The second-order valence-electron chi connectivity index (χ2n) is 7.76. The van der Waals surface area contributed by atoms with Gasteiger partial charge in [-0.3, -0.25) is 9.59 Å². The molecule has 0 aliphatic carbocycles. The predicted molar refractivity (Wildman–Crippen MR) is 115 cm³/mol. The summed E-state index contributed by atoms with van der Waals surface area (Å²) in [4.78, 5) is 24.3. The zero-order valence-corrected chi connectivity index (χ0v) is 17.1. The maximum absolute atomic E-state index is 12.8. The van der Waals surface area contributed by atoms with E-state index in [-0.39, 0.29) is 29.9 Å². The normalized spacial score (nSPS) is 19.7. The summed E-state index contributed by atoms with van der Waals surface area (Å²) in [6.07, 6.45) is 1.08. The first-order valence-electron chi connectivity index (χ1n) is 9.78. The van der Waals surface area contributed by atoms with E-state index in [4.69, 9.17) is 0 Å². The lowest BCUT2D eigenvalue weighted by molar-refractivity contribution is -0.117. The molecule has 0 radical (unpaired) electrons. The van der Waals surface area contributed by atoms with Gasteiger partial charge in [-0.25, -0.2) is 9.03 Å². The molecule has 9 heteroatoms. The molecule has 1 fully saturated rings. The molecule has 3 N–H and O–H groups in total. The molecule has 2 aliphatic heterocycles. The summed E-state index contributed by atoms with van der Waals surface area (Å²) in [6, 6.07) is 16.1. The molecule has 5 rings (SSSR count). The van der Waals surface area contributed by atoms with Crippen molar-refractivity contribution >= 4 is 38.5 Å². The van der Waals surface area contributed by atoms with Crippen LogP contribution >= 0.6 is 0 Å². The van der Waals surface area contributed by atoms with Crippen LogP contribution in [0.25, 0.3) is 10.8 Å². The second kappa shape index (κ2) is 6.98. The average Bonchev–Trinajstić information content (AvgIpc) is 2.91. The Labute approximate surface area is 178 Å². The Morgan fingerprint density at radius 3 is 2.55 bits per heavy atom. The van der Waals surface area contributed by atoms with E-state index in [1.165, 1.54) is 12.1 Å². The average molecular weight is 437 g/mol. The lowest BCUT2D eigenvalue weighted by Crippen LogP contribution is -2.36. The molecule has 2 amide bonds. The zero-order valence-electron chi connectivity index (χ0n) is 16.3. The zero-order chi connectivity index (χ0) is 21.8. The third-order valence-corrected chi connectivity index (χ3v) is 7.04. The van der Waals surface area contributed by atoms with Crippen LogP contribution in [0.15, 0.2) is 54.6 Å². The summed E-state index contributed by atoms with van der Waals surface area (Å²) < 4.78 is 26.8. The molecule has 0 saturated carbocycles. The van der Waals surface area contributed by atoms with E-state index in [0.29, 0.717) is 18.4 Å². The first-order chi connectivity index (χ1) is 14.8. The van der Waals surface area contributed by atoms with Gasteiger partial charge in [0.1, 0.15) is 12.3 Å². The lowest BCUT2D eigenvalue weighted by Gasteiger charge is -2.19. The molecule has 8 nitrogen and oxygen atoms in total. The van der Waals surface area contributed by atoms with Crippen LogP contribution in [-0.4, -0.2) is 37.9 Å². The van der Waals surface area contributed by atoms with E-state index in [1.54, 1.807) is 6.07 Å². The third kappa shape index (κ3) is 3.36. The van der Waals surface area contributed by atoms with Crippen LogP contribution in [0.4, 0.5) is 5.69 Å². The fourth-order valence-corrected chi connectivity index (χ4v) is 5.50. The number of aromatic hydroxyl groups is 1. The number of nitrogens with one attached hydrogen (secondary N) is 2. The molecular weight excluding hydrogens is 418 g/mol. The van der Waals surface area contributed by atoms with Gasteiger partial charge in [0.2, 0.25) is 0 Å². The molecule has 0 aromatic heterocycles. The molecule has 3 aromatic carbocycles. The Bertz CT molecular complexity index is 1350. The molecule has 1 saturated heterocycles. The Balaban J connectivity index is 1.43. The maximum atomic E-state index is 12.8. The number of phenolic OH excluding ortho intramolecular Hbond substituents is 1. The highest BCUT2D eigenvalue weighted by molar-refractivity contribution is 7.92. The molecule has 158 valence electrons.